The van der Waals surface area contributed by atoms with E-state index in [4.69, 9.17) is 0 Å². The fourth-order valence-corrected chi connectivity index (χ4v) is 1.82. The normalized spacial score (nSPS) is 11.8. The molecule has 0 fully saturated rings. The highest BCUT2D eigenvalue weighted by Crippen LogP contribution is 2.07. The SMILES string of the molecule is CCN[C@H](C)CNC(=O)c1cccc(C(=O)N(C)C)c1. The van der Waals surface area contributed by atoms with E-state index in [1.54, 1.807) is 38.4 Å². The maximum Gasteiger partial charge on any atom is 0.253 e. The fraction of sp³-hybridized carbons (Fsp3) is 0.467. The van der Waals surface area contributed by atoms with E-state index >= 15 is 0 Å². The Morgan fingerprint density at radius 1 is 1.25 bits per heavy atom. The lowest BCUT2D eigenvalue weighted by molar-refractivity contribution is 0.0827. The predicted octanol–water partition coefficient (Wildman–Crippen LogP) is 1.12. The van der Waals surface area contributed by atoms with Gasteiger partial charge in [-0.05, 0) is 31.7 Å². The largest absolute Gasteiger partial charge is 0.350 e. The molecular weight excluding hydrogens is 254 g/mol. The number of nitrogens with one attached hydrogen (secondary N) is 2. The maximum atomic E-state index is 12.0. The van der Waals surface area contributed by atoms with Gasteiger partial charge in [-0.25, -0.2) is 0 Å². The van der Waals surface area contributed by atoms with Crippen LogP contribution in [-0.4, -0.2) is 49.9 Å². The molecule has 0 saturated carbocycles. The van der Waals surface area contributed by atoms with Crippen molar-refractivity contribution in [3.8, 4) is 0 Å². The summed E-state index contributed by atoms with van der Waals surface area (Å²) in [6.45, 7) is 5.45. The van der Waals surface area contributed by atoms with Crippen molar-refractivity contribution >= 4 is 11.8 Å². The van der Waals surface area contributed by atoms with Gasteiger partial charge in [-0.2, -0.15) is 0 Å². The molecule has 1 aromatic rings. The number of likely N-dealkylation sites (N-methyl/N-ethyl adjacent to an activating group) is 1. The van der Waals surface area contributed by atoms with Crippen molar-refractivity contribution in [1.82, 2.24) is 15.5 Å². The minimum atomic E-state index is -0.164. The van der Waals surface area contributed by atoms with Crippen LogP contribution in [-0.2, 0) is 0 Å². The van der Waals surface area contributed by atoms with Crippen LogP contribution in [0.4, 0.5) is 0 Å². The van der Waals surface area contributed by atoms with E-state index in [1.807, 2.05) is 13.8 Å². The number of benzene rings is 1. The highest BCUT2D eigenvalue weighted by Gasteiger charge is 2.12. The standard InChI is InChI=1S/C15H23N3O2/c1-5-16-11(2)10-17-14(19)12-7-6-8-13(9-12)15(20)18(3)4/h6-9,11,16H,5,10H2,1-4H3,(H,17,19)/t11-/m1/s1. The number of amides is 2. The second-order valence-electron chi connectivity index (χ2n) is 4.95. The van der Waals surface area contributed by atoms with Gasteiger partial charge in [-0.1, -0.05) is 13.0 Å². The van der Waals surface area contributed by atoms with E-state index in [0.717, 1.165) is 6.54 Å². The number of rotatable bonds is 6. The van der Waals surface area contributed by atoms with E-state index in [0.29, 0.717) is 17.7 Å². The molecule has 5 heteroatoms. The second kappa shape index (κ2) is 7.65. The van der Waals surface area contributed by atoms with Crippen LogP contribution in [0.5, 0.6) is 0 Å². The molecule has 110 valence electrons. The van der Waals surface area contributed by atoms with Crippen LogP contribution in [0.2, 0.25) is 0 Å². The first-order valence-electron chi connectivity index (χ1n) is 6.79. The Balaban J connectivity index is 2.69. The quantitative estimate of drug-likeness (QED) is 0.819. The van der Waals surface area contributed by atoms with Crippen molar-refractivity contribution in [2.75, 3.05) is 27.2 Å². The van der Waals surface area contributed by atoms with E-state index in [1.165, 1.54) is 4.90 Å². The molecule has 0 bridgehead atoms. The molecule has 2 N–H and O–H groups in total. The molecule has 0 aromatic heterocycles. The first kappa shape index (κ1) is 16.2. The molecule has 5 nitrogen and oxygen atoms in total. The maximum absolute atomic E-state index is 12.0. The van der Waals surface area contributed by atoms with Crippen molar-refractivity contribution in [3.63, 3.8) is 0 Å². The van der Waals surface area contributed by atoms with Crippen molar-refractivity contribution in [2.45, 2.75) is 19.9 Å². The molecule has 0 spiro atoms. The van der Waals surface area contributed by atoms with E-state index in [-0.39, 0.29) is 17.9 Å². The first-order valence-corrected chi connectivity index (χ1v) is 6.79. The summed E-state index contributed by atoms with van der Waals surface area (Å²) in [6.07, 6.45) is 0. The Morgan fingerprint density at radius 2 is 1.90 bits per heavy atom. The lowest BCUT2D eigenvalue weighted by atomic mass is 10.1. The zero-order valence-corrected chi connectivity index (χ0v) is 12.6. The average molecular weight is 277 g/mol. The van der Waals surface area contributed by atoms with Crippen molar-refractivity contribution in [1.29, 1.82) is 0 Å². The van der Waals surface area contributed by atoms with Gasteiger partial charge in [-0.3, -0.25) is 9.59 Å². The zero-order chi connectivity index (χ0) is 15.1. The summed E-state index contributed by atoms with van der Waals surface area (Å²) in [5, 5.41) is 6.07. The molecule has 1 atom stereocenters. The van der Waals surface area contributed by atoms with Gasteiger partial charge in [0.25, 0.3) is 11.8 Å². The average Bonchev–Trinajstić information content (AvgIpc) is 2.44. The second-order valence-corrected chi connectivity index (χ2v) is 4.95. The van der Waals surface area contributed by atoms with Crippen molar-refractivity contribution in [3.05, 3.63) is 35.4 Å². The fourth-order valence-electron chi connectivity index (χ4n) is 1.82. The number of nitrogens with zero attached hydrogens (tertiary/aromatic N) is 1. The molecule has 2 amide bonds. The molecule has 0 aliphatic carbocycles. The van der Waals surface area contributed by atoms with Gasteiger partial charge in [-0.15, -0.1) is 0 Å². The van der Waals surface area contributed by atoms with Crippen molar-refractivity contribution in [2.24, 2.45) is 0 Å². The summed E-state index contributed by atoms with van der Waals surface area (Å²) in [6, 6.07) is 6.98. The number of hydrogen-bond donors (Lipinski definition) is 2. The topological polar surface area (TPSA) is 61.4 Å². The number of carbonyl (C=O) groups is 2. The molecule has 0 unspecified atom stereocenters. The van der Waals surface area contributed by atoms with Crippen molar-refractivity contribution < 1.29 is 9.59 Å². The smallest absolute Gasteiger partial charge is 0.253 e. The lowest BCUT2D eigenvalue weighted by Crippen LogP contribution is -2.38. The van der Waals surface area contributed by atoms with Gasteiger partial charge in [0.1, 0.15) is 0 Å². The van der Waals surface area contributed by atoms with Gasteiger partial charge in [0, 0.05) is 37.8 Å². The minimum Gasteiger partial charge on any atom is -0.350 e. The van der Waals surface area contributed by atoms with E-state index in [9.17, 15) is 9.59 Å². The molecule has 0 saturated heterocycles. The Morgan fingerprint density at radius 3 is 2.50 bits per heavy atom. The predicted molar refractivity (Wildman–Crippen MR) is 79.9 cm³/mol. The van der Waals surface area contributed by atoms with Gasteiger partial charge in [0.2, 0.25) is 0 Å². The van der Waals surface area contributed by atoms with Gasteiger partial charge < -0.3 is 15.5 Å². The lowest BCUT2D eigenvalue weighted by Gasteiger charge is -2.14. The van der Waals surface area contributed by atoms with Gasteiger partial charge >= 0.3 is 0 Å². The Hall–Kier alpha value is -1.88. The molecule has 20 heavy (non-hydrogen) atoms. The van der Waals surface area contributed by atoms with E-state index in [2.05, 4.69) is 10.6 Å². The summed E-state index contributed by atoms with van der Waals surface area (Å²) in [4.78, 5) is 25.4. The molecule has 1 aromatic carbocycles. The molecular formula is C15H23N3O2. The Kier molecular flexibility index (Phi) is 6.18. The van der Waals surface area contributed by atoms with Crippen LogP contribution >= 0.6 is 0 Å². The summed E-state index contributed by atoms with van der Waals surface area (Å²) < 4.78 is 0. The van der Waals surface area contributed by atoms with Crippen LogP contribution < -0.4 is 10.6 Å². The van der Waals surface area contributed by atoms with Crippen LogP contribution in [0.15, 0.2) is 24.3 Å². The highest BCUT2D eigenvalue weighted by molar-refractivity contribution is 5.99. The summed E-state index contributed by atoms with van der Waals surface area (Å²) >= 11 is 0. The molecule has 0 aliphatic heterocycles. The monoisotopic (exact) mass is 277 g/mol. The third-order valence-electron chi connectivity index (χ3n) is 2.90. The number of hydrogen-bond acceptors (Lipinski definition) is 3. The minimum absolute atomic E-state index is 0.110. The summed E-state index contributed by atoms with van der Waals surface area (Å²) in [5.41, 5.74) is 1.02. The third-order valence-corrected chi connectivity index (χ3v) is 2.90. The zero-order valence-electron chi connectivity index (χ0n) is 12.6. The van der Waals surface area contributed by atoms with Crippen LogP contribution in [0, 0.1) is 0 Å². The van der Waals surface area contributed by atoms with Gasteiger partial charge in [0.15, 0.2) is 0 Å². The highest BCUT2D eigenvalue weighted by atomic mass is 16.2. The van der Waals surface area contributed by atoms with Crippen LogP contribution in [0.3, 0.4) is 0 Å². The molecule has 0 aliphatic rings. The summed E-state index contributed by atoms with van der Waals surface area (Å²) in [5.74, 6) is -0.274. The Bertz CT molecular complexity index is 472. The van der Waals surface area contributed by atoms with Gasteiger partial charge in [0.05, 0.1) is 0 Å². The molecule has 1 rings (SSSR count). The van der Waals surface area contributed by atoms with E-state index < -0.39 is 0 Å². The summed E-state index contributed by atoms with van der Waals surface area (Å²) in [7, 11) is 3.38. The molecule has 0 radical (unpaired) electrons. The first-order chi connectivity index (χ1) is 9.45. The van der Waals surface area contributed by atoms with Crippen LogP contribution in [0.25, 0.3) is 0 Å². The Labute approximate surface area is 120 Å². The number of carbonyl (C=O) groups excluding carboxylic acids is 2. The molecule has 0 heterocycles. The van der Waals surface area contributed by atoms with Crippen LogP contribution in [0.1, 0.15) is 34.6 Å². The third kappa shape index (κ3) is 4.66.